The minimum atomic E-state index is 0.0351. The molecule has 8 heteroatoms. The molecular formula is C16H13Cl2N3O3. The molecule has 0 N–H and O–H groups in total. The quantitative estimate of drug-likeness (QED) is 0.571. The van der Waals surface area contributed by atoms with E-state index < -0.39 is 0 Å². The van der Waals surface area contributed by atoms with Crippen LogP contribution in [0.15, 0.2) is 24.7 Å². The molecule has 0 saturated heterocycles. The Morgan fingerprint density at radius 1 is 1.21 bits per heavy atom. The lowest BCUT2D eigenvalue weighted by Crippen LogP contribution is -2.02. The summed E-state index contributed by atoms with van der Waals surface area (Å²) in [5, 5.41) is 10.1. The van der Waals surface area contributed by atoms with Gasteiger partial charge in [0, 0.05) is 31.1 Å². The number of nitrogens with zero attached hydrogens (tertiary/aromatic N) is 3. The molecule has 0 bridgehead atoms. The summed E-state index contributed by atoms with van der Waals surface area (Å²) in [7, 11) is 3.00. The van der Waals surface area contributed by atoms with Gasteiger partial charge in [-0.1, -0.05) is 23.2 Å². The van der Waals surface area contributed by atoms with Crippen molar-refractivity contribution < 1.29 is 14.2 Å². The zero-order chi connectivity index (χ0) is 17.5. The second-order valence-corrected chi connectivity index (χ2v) is 5.27. The second kappa shape index (κ2) is 8.50. The highest BCUT2D eigenvalue weighted by atomic mass is 35.5. The average Bonchev–Trinajstić information content (AvgIpc) is 2.59. The van der Waals surface area contributed by atoms with Crippen molar-refractivity contribution in [3.05, 3.63) is 46.0 Å². The maximum atomic E-state index is 9.46. The molecule has 0 aromatic carbocycles. The third-order valence-corrected chi connectivity index (χ3v) is 3.56. The zero-order valence-corrected chi connectivity index (χ0v) is 14.4. The van der Waals surface area contributed by atoms with E-state index in [2.05, 4.69) is 16.0 Å². The lowest BCUT2D eigenvalue weighted by molar-refractivity contribution is 0.0490. The Balaban J connectivity index is 2.48. The third kappa shape index (κ3) is 4.15. The maximum absolute atomic E-state index is 9.46. The molecule has 0 atom stereocenters. The van der Waals surface area contributed by atoms with Gasteiger partial charge in [0.25, 0.3) is 0 Å². The van der Waals surface area contributed by atoms with E-state index in [1.807, 2.05) is 0 Å². The van der Waals surface area contributed by atoms with Gasteiger partial charge in [-0.3, -0.25) is 9.97 Å². The Morgan fingerprint density at radius 3 is 2.50 bits per heavy atom. The molecule has 2 aromatic rings. The number of hydrogen-bond donors (Lipinski definition) is 0. The number of pyridine rings is 2. The van der Waals surface area contributed by atoms with Crippen LogP contribution in [0.5, 0.6) is 11.5 Å². The summed E-state index contributed by atoms with van der Waals surface area (Å²) >= 11 is 12.2. The molecule has 24 heavy (non-hydrogen) atoms. The Labute approximate surface area is 149 Å². The molecule has 0 amide bonds. The van der Waals surface area contributed by atoms with Gasteiger partial charge >= 0.3 is 0 Å². The van der Waals surface area contributed by atoms with Crippen LogP contribution in [0.1, 0.15) is 11.3 Å². The van der Waals surface area contributed by atoms with Gasteiger partial charge in [0.1, 0.15) is 6.07 Å². The largest absolute Gasteiger partial charge is 0.491 e. The van der Waals surface area contributed by atoms with Crippen LogP contribution in [0.4, 0.5) is 0 Å². The Kier molecular flexibility index (Phi) is 6.38. The van der Waals surface area contributed by atoms with Gasteiger partial charge in [-0.25, -0.2) is 0 Å². The first-order valence-electron chi connectivity index (χ1n) is 6.67. The highest BCUT2D eigenvalue weighted by Gasteiger charge is 2.12. The Bertz CT molecular complexity index is 783. The standard InChI is InChI=1S/C16H13Cl2N3O3/c1-22-9-24-15-4-14(21-8-16(15)23-2)10(5-19)3-11-12(17)6-20-7-13(11)18/h3-4,6-8H,9H2,1-2H3. The summed E-state index contributed by atoms with van der Waals surface area (Å²) in [6.45, 7) is 0.0351. The summed E-state index contributed by atoms with van der Waals surface area (Å²) in [6, 6.07) is 3.65. The summed E-state index contributed by atoms with van der Waals surface area (Å²) in [6.07, 6.45) is 5.90. The molecule has 124 valence electrons. The predicted molar refractivity (Wildman–Crippen MR) is 91.0 cm³/mol. The first kappa shape index (κ1) is 18.0. The molecule has 0 aliphatic carbocycles. The third-order valence-electron chi connectivity index (χ3n) is 2.96. The highest BCUT2D eigenvalue weighted by Crippen LogP contribution is 2.31. The summed E-state index contributed by atoms with van der Waals surface area (Å²) in [4.78, 5) is 8.09. The number of ether oxygens (including phenoxy) is 3. The molecule has 0 aliphatic heterocycles. The number of methoxy groups -OCH3 is 2. The van der Waals surface area contributed by atoms with Crippen LogP contribution < -0.4 is 9.47 Å². The monoisotopic (exact) mass is 365 g/mol. The number of allylic oxidation sites excluding steroid dienone is 1. The van der Waals surface area contributed by atoms with Crippen molar-refractivity contribution in [3.63, 3.8) is 0 Å². The normalized spacial score (nSPS) is 11.0. The van der Waals surface area contributed by atoms with Crippen LogP contribution in [0.25, 0.3) is 11.6 Å². The van der Waals surface area contributed by atoms with E-state index in [4.69, 9.17) is 37.4 Å². The number of aromatic nitrogens is 2. The fourth-order valence-corrected chi connectivity index (χ4v) is 2.30. The van der Waals surface area contributed by atoms with Crippen molar-refractivity contribution in [2.45, 2.75) is 0 Å². The average molecular weight is 366 g/mol. The maximum Gasteiger partial charge on any atom is 0.188 e. The van der Waals surface area contributed by atoms with E-state index in [1.165, 1.54) is 32.8 Å². The van der Waals surface area contributed by atoms with E-state index in [9.17, 15) is 5.26 Å². The summed E-state index contributed by atoms with van der Waals surface area (Å²) < 4.78 is 15.5. The van der Waals surface area contributed by atoms with Gasteiger partial charge in [-0.15, -0.1) is 0 Å². The molecule has 0 unspecified atom stereocenters. The molecule has 0 aliphatic rings. The smallest absolute Gasteiger partial charge is 0.188 e. The van der Waals surface area contributed by atoms with Gasteiger partial charge < -0.3 is 14.2 Å². The van der Waals surface area contributed by atoms with Crippen LogP contribution >= 0.6 is 23.2 Å². The first-order chi connectivity index (χ1) is 11.6. The molecule has 2 heterocycles. The molecular weight excluding hydrogens is 353 g/mol. The molecule has 6 nitrogen and oxygen atoms in total. The second-order valence-electron chi connectivity index (χ2n) is 4.46. The first-order valence-corrected chi connectivity index (χ1v) is 7.43. The highest BCUT2D eigenvalue weighted by molar-refractivity contribution is 6.37. The summed E-state index contributed by atoms with van der Waals surface area (Å²) in [5.41, 5.74) is 1.13. The molecule has 2 rings (SSSR count). The van der Waals surface area contributed by atoms with Crippen molar-refractivity contribution >= 4 is 34.9 Å². The fraction of sp³-hybridized carbons (Fsp3) is 0.188. The molecule has 0 fully saturated rings. The number of nitriles is 1. The predicted octanol–water partition coefficient (Wildman–Crippen LogP) is 3.84. The minimum absolute atomic E-state index is 0.0351. The van der Waals surface area contributed by atoms with Crippen LogP contribution in [0.2, 0.25) is 10.0 Å². The minimum Gasteiger partial charge on any atom is -0.491 e. The number of halogens is 2. The zero-order valence-electron chi connectivity index (χ0n) is 12.9. The Morgan fingerprint density at radius 2 is 1.92 bits per heavy atom. The van der Waals surface area contributed by atoms with Crippen molar-refractivity contribution in [2.75, 3.05) is 21.0 Å². The molecule has 0 radical (unpaired) electrons. The van der Waals surface area contributed by atoms with E-state index in [0.29, 0.717) is 32.8 Å². The van der Waals surface area contributed by atoms with Crippen LogP contribution in [-0.2, 0) is 4.74 Å². The van der Waals surface area contributed by atoms with E-state index in [1.54, 1.807) is 12.1 Å². The molecule has 0 spiro atoms. The van der Waals surface area contributed by atoms with Crippen molar-refractivity contribution in [2.24, 2.45) is 0 Å². The number of rotatable bonds is 6. The molecule has 2 aromatic heterocycles. The van der Waals surface area contributed by atoms with Crippen molar-refractivity contribution in [1.29, 1.82) is 5.26 Å². The molecule has 0 saturated carbocycles. The van der Waals surface area contributed by atoms with Crippen molar-refractivity contribution in [3.8, 4) is 17.6 Å². The van der Waals surface area contributed by atoms with Crippen molar-refractivity contribution in [1.82, 2.24) is 9.97 Å². The van der Waals surface area contributed by atoms with Gasteiger partial charge in [-0.2, -0.15) is 5.26 Å². The van der Waals surface area contributed by atoms with Gasteiger partial charge in [0.05, 0.1) is 34.6 Å². The lowest BCUT2D eigenvalue weighted by Gasteiger charge is -2.11. The fourth-order valence-electron chi connectivity index (χ4n) is 1.83. The van der Waals surface area contributed by atoms with E-state index >= 15 is 0 Å². The Hall–Kier alpha value is -2.33. The number of hydrogen-bond acceptors (Lipinski definition) is 6. The van der Waals surface area contributed by atoms with E-state index in [0.717, 1.165) is 0 Å². The van der Waals surface area contributed by atoms with Crippen LogP contribution in [-0.4, -0.2) is 31.0 Å². The van der Waals surface area contributed by atoms with E-state index in [-0.39, 0.29) is 12.4 Å². The SMILES string of the molecule is COCOc1cc(C(C#N)=Cc2c(Cl)cncc2Cl)ncc1OC. The summed E-state index contributed by atoms with van der Waals surface area (Å²) in [5.74, 6) is 0.825. The van der Waals surface area contributed by atoms with Crippen LogP contribution in [0.3, 0.4) is 0 Å². The van der Waals surface area contributed by atoms with Gasteiger partial charge in [0.15, 0.2) is 18.3 Å². The lowest BCUT2D eigenvalue weighted by atomic mass is 10.1. The van der Waals surface area contributed by atoms with Crippen LogP contribution in [0, 0.1) is 11.3 Å². The van der Waals surface area contributed by atoms with Gasteiger partial charge in [-0.05, 0) is 6.08 Å². The topological polar surface area (TPSA) is 77.3 Å². The van der Waals surface area contributed by atoms with Gasteiger partial charge in [0.2, 0.25) is 0 Å².